The fourth-order valence-electron chi connectivity index (χ4n) is 4.22. The molecule has 0 unspecified atom stereocenters. The van der Waals surface area contributed by atoms with Gasteiger partial charge in [-0.25, -0.2) is 4.98 Å². The average molecular weight is 379 g/mol. The van der Waals surface area contributed by atoms with Crippen LogP contribution in [0.1, 0.15) is 18.1 Å². The van der Waals surface area contributed by atoms with Crippen molar-refractivity contribution in [3.05, 3.63) is 71.8 Å². The van der Waals surface area contributed by atoms with E-state index < -0.39 is 0 Å². The highest BCUT2D eigenvalue weighted by Crippen LogP contribution is 2.42. The quantitative estimate of drug-likeness (QED) is 0.417. The largest absolute Gasteiger partial charge is 0.436 e. The minimum atomic E-state index is -0.0669. The van der Waals surface area contributed by atoms with Gasteiger partial charge in [0.25, 0.3) is 0 Å². The van der Waals surface area contributed by atoms with Crippen LogP contribution in [-0.2, 0) is 11.2 Å². The Morgan fingerprint density at radius 1 is 1.10 bits per heavy atom. The summed E-state index contributed by atoms with van der Waals surface area (Å²) in [5.74, 6) is 0.564. The van der Waals surface area contributed by atoms with Crippen LogP contribution in [0.5, 0.6) is 0 Å². The van der Waals surface area contributed by atoms with Crippen LogP contribution in [0.25, 0.3) is 44.7 Å². The zero-order chi connectivity index (χ0) is 19.5. The molecule has 0 saturated heterocycles. The Morgan fingerprint density at radius 3 is 2.86 bits per heavy atom. The van der Waals surface area contributed by atoms with Crippen molar-refractivity contribution in [2.75, 3.05) is 5.32 Å². The third-order valence-electron chi connectivity index (χ3n) is 5.51. The van der Waals surface area contributed by atoms with E-state index in [2.05, 4.69) is 33.5 Å². The van der Waals surface area contributed by atoms with Gasteiger partial charge in [-0.05, 0) is 53.6 Å². The number of anilines is 1. The molecular weight excluding hydrogens is 362 g/mol. The highest BCUT2D eigenvalue weighted by molar-refractivity contribution is 5.98. The Labute approximate surface area is 166 Å². The maximum atomic E-state index is 11.4. The summed E-state index contributed by atoms with van der Waals surface area (Å²) in [6, 6.07) is 20.1. The lowest BCUT2D eigenvalue weighted by Gasteiger charge is -2.04. The highest BCUT2D eigenvalue weighted by atomic mass is 16.3. The molecule has 0 saturated carbocycles. The molecule has 2 aromatic heterocycles. The molecule has 2 N–H and O–H groups in total. The molecule has 6 rings (SSSR count). The standard InChI is InChI=1S/C24H17N3O2/c1-13(28)25-16-8-9-20-18(12-16)19-10-14-6-7-15(11-17(14)23(19)26-20)24-27-21-4-2-3-5-22(21)29-24/h2-9,11-12,26H,10H2,1H3,(H,25,28). The van der Waals surface area contributed by atoms with E-state index in [4.69, 9.17) is 4.42 Å². The third kappa shape index (κ3) is 2.48. The lowest BCUT2D eigenvalue weighted by Crippen LogP contribution is -2.05. The Hall–Kier alpha value is -3.86. The predicted molar refractivity (Wildman–Crippen MR) is 114 cm³/mol. The number of carbonyl (C=O) groups excluding carboxylic acids is 1. The highest BCUT2D eigenvalue weighted by Gasteiger charge is 2.24. The number of para-hydroxylation sites is 2. The van der Waals surface area contributed by atoms with Gasteiger partial charge in [0.05, 0.1) is 5.69 Å². The molecule has 0 aliphatic heterocycles. The number of aromatic amines is 1. The Morgan fingerprint density at radius 2 is 2.00 bits per heavy atom. The molecule has 0 radical (unpaired) electrons. The van der Waals surface area contributed by atoms with Gasteiger partial charge in [-0.1, -0.05) is 18.2 Å². The maximum absolute atomic E-state index is 11.4. The van der Waals surface area contributed by atoms with E-state index in [1.165, 1.54) is 23.6 Å². The summed E-state index contributed by atoms with van der Waals surface area (Å²) >= 11 is 0. The summed E-state index contributed by atoms with van der Waals surface area (Å²) in [4.78, 5) is 19.6. The number of hydrogen-bond donors (Lipinski definition) is 2. The first-order valence-electron chi connectivity index (χ1n) is 9.57. The van der Waals surface area contributed by atoms with E-state index in [1.807, 2.05) is 42.5 Å². The van der Waals surface area contributed by atoms with Crippen LogP contribution in [0.4, 0.5) is 5.69 Å². The molecule has 0 spiro atoms. The van der Waals surface area contributed by atoms with Gasteiger partial charge in [0.2, 0.25) is 11.8 Å². The van der Waals surface area contributed by atoms with Crippen LogP contribution in [0.3, 0.4) is 0 Å². The normalized spacial score (nSPS) is 12.3. The van der Waals surface area contributed by atoms with Crippen molar-refractivity contribution in [1.82, 2.24) is 9.97 Å². The number of benzene rings is 3. The second-order valence-electron chi connectivity index (χ2n) is 7.46. The van der Waals surface area contributed by atoms with E-state index in [-0.39, 0.29) is 5.91 Å². The summed E-state index contributed by atoms with van der Waals surface area (Å²) in [5, 5.41) is 4.01. The van der Waals surface area contributed by atoms with E-state index in [0.29, 0.717) is 5.89 Å². The summed E-state index contributed by atoms with van der Waals surface area (Å²) in [7, 11) is 0. The van der Waals surface area contributed by atoms with Crippen molar-refractivity contribution in [2.45, 2.75) is 13.3 Å². The van der Waals surface area contributed by atoms with Gasteiger partial charge in [0.1, 0.15) is 5.52 Å². The third-order valence-corrected chi connectivity index (χ3v) is 5.51. The molecule has 5 heteroatoms. The smallest absolute Gasteiger partial charge is 0.227 e. The average Bonchev–Trinajstić information content (AvgIpc) is 3.38. The molecule has 5 nitrogen and oxygen atoms in total. The molecule has 1 aliphatic rings. The molecule has 1 aliphatic carbocycles. The molecule has 1 amide bonds. The lowest BCUT2D eigenvalue weighted by molar-refractivity contribution is -0.114. The van der Waals surface area contributed by atoms with Crippen molar-refractivity contribution in [1.29, 1.82) is 0 Å². The van der Waals surface area contributed by atoms with Gasteiger partial charge in [-0.3, -0.25) is 4.79 Å². The minimum absolute atomic E-state index is 0.0669. The first-order chi connectivity index (χ1) is 14.2. The van der Waals surface area contributed by atoms with E-state index >= 15 is 0 Å². The molecular formula is C24H17N3O2. The molecule has 140 valence electrons. The zero-order valence-electron chi connectivity index (χ0n) is 15.7. The predicted octanol–water partition coefficient (Wildman–Crippen LogP) is 5.51. The van der Waals surface area contributed by atoms with Crippen LogP contribution >= 0.6 is 0 Å². The SMILES string of the molecule is CC(=O)Nc1ccc2[nH]c3c(c2c1)Cc1ccc(-c2nc4ccccc4o2)cc1-3. The van der Waals surface area contributed by atoms with Crippen molar-refractivity contribution in [2.24, 2.45) is 0 Å². The fourth-order valence-corrected chi connectivity index (χ4v) is 4.22. The molecule has 2 heterocycles. The van der Waals surface area contributed by atoms with Crippen LogP contribution < -0.4 is 5.32 Å². The molecule has 5 aromatic rings. The maximum Gasteiger partial charge on any atom is 0.227 e. The van der Waals surface area contributed by atoms with Gasteiger partial charge in [0.15, 0.2) is 5.58 Å². The number of carbonyl (C=O) groups is 1. The fraction of sp³-hybridized carbons (Fsp3) is 0.0833. The van der Waals surface area contributed by atoms with Gasteiger partial charge in [-0.15, -0.1) is 0 Å². The van der Waals surface area contributed by atoms with Crippen molar-refractivity contribution < 1.29 is 9.21 Å². The number of nitrogens with one attached hydrogen (secondary N) is 2. The number of fused-ring (bicyclic) bond motifs is 6. The molecule has 29 heavy (non-hydrogen) atoms. The number of aromatic nitrogens is 2. The molecule has 3 aromatic carbocycles. The second-order valence-corrected chi connectivity index (χ2v) is 7.46. The summed E-state index contributed by atoms with van der Waals surface area (Å²) in [5.41, 5.74) is 9.35. The van der Waals surface area contributed by atoms with Gasteiger partial charge in [-0.2, -0.15) is 0 Å². The van der Waals surface area contributed by atoms with E-state index in [0.717, 1.165) is 45.4 Å². The number of rotatable bonds is 2. The van der Waals surface area contributed by atoms with Crippen LogP contribution in [0, 0.1) is 0 Å². The minimum Gasteiger partial charge on any atom is -0.436 e. The lowest BCUT2D eigenvalue weighted by atomic mass is 10.1. The molecule has 0 fully saturated rings. The molecule has 0 bridgehead atoms. The van der Waals surface area contributed by atoms with Crippen molar-refractivity contribution in [3.63, 3.8) is 0 Å². The summed E-state index contributed by atoms with van der Waals surface area (Å²) in [6.07, 6.45) is 0.863. The van der Waals surface area contributed by atoms with E-state index in [1.54, 1.807) is 0 Å². The zero-order valence-corrected chi connectivity index (χ0v) is 15.7. The van der Waals surface area contributed by atoms with Gasteiger partial charge < -0.3 is 14.7 Å². The number of amides is 1. The van der Waals surface area contributed by atoms with Crippen molar-refractivity contribution in [3.8, 4) is 22.7 Å². The Bertz CT molecular complexity index is 1410. The van der Waals surface area contributed by atoms with E-state index in [9.17, 15) is 4.79 Å². The Kier molecular flexibility index (Phi) is 3.23. The van der Waals surface area contributed by atoms with Crippen molar-refractivity contribution >= 4 is 33.6 Å². The van der Waals surface area contributed by atoms with Crippen LogP contribution in [0.2, 0.25) is 0 Å². The van der Waals surface area contributed by atoms with Gasteiger partial charge in [0, 0.05) is 41.1 Å². The molecule has 0 atom stereocenters. The van der Waals surface area contributed by atoms with Crippen LogP contribution in [-0.4, -0.2) is 15.9 Å². The van der Waals surface area contributed by atoms with Crippen LogP contribution in [0.15, 0.2) is 65.1 Å². The summed E-state index contributed by atoms with van der Waals surface area (Å²) in [6.45, 7) is 1.52. The first kappa shape index (κ1) is 16.1. The monoisotopic (exact) mass is 379 g/mol. The number of oxazole rings is 1. The number of nitrogens with zero attached hydrogens (tertiary/aromatic N) is 1. The second kappa shape index (κ2) is 5.82. The van der Waals surface area contributed by atoms with Gasteiger partial charge >= 0.3 is 0 Å². The number of H-pyrrole nitrogens is 1. The topological polar surface area (TPSA) is 70.9 Å². The summed E-state index contributed by atoms with van der Waals surface area (Å²) < 4.78 is 5.95. The Balaban J connectivity index is 1.47. The number of hydrogen-bond acceptors (Lipinski definition) is 3. The first-order valence-corrected chi connectivity index (χ1v) is 9.57.